The first-order chi connectivity index (χ1) is 18.8. The maximum absolute atomic E-state index is 11.4. The van der Waals surface area contributed by atoms with Crippen LogP contribution in [-0.4, -0.2) is 19.5 Å². The Morgan fingerprint density at radius 1 is 0.447 bits per heavy atom. The van der Waals surface area contributed by atoms with Gasteiger partial charge in [0.2, 0.25) is 0 Å². The molecule has 3 heteroatoms. The van der Waals surface area contributed by atoms with Gasteiger partial charge in [-0.05, 0) is 25.0 Å². The Morgan fingerprint density at radius 3 is 1.03 bits per heavy atom. The number of hydrogen-bond donors (Lipinski definition) is 0. The van der Waals surface area contributed by atoms with Crippen molar-refractivity contribution in [3.8, 4) is 11.5 Å². The minimum Gasteiger partial charge on any atom is -0.493 e. The van der Waals surface area contributed by atoms with Gasteiger partial charge >= 0.3 is 0 Å². The largest absolute Gasteiger partial charge is 0.493 e. The molecule has 0 N–H and O–H groups in total. The third-order valence-electron chi connectivity index (χ3n) is 7.57. The molecular weight excluding hydrogens is 468 g/mol. The van der Waals surface area contributed by atoms with Crippen LogP contribution in [0.1, 0.15) is 178 Å². The van der Waals surface area contributed by atoms with Crippen LogP contribution in [0, 0.1) is 0 Å². The highest BCUT2D eigenvalue weighted by atomic mass is 16.5. The molecule has 0 aromatic heterocycles. The zero-order valence-electron chi connectivity index (χ0n) is 25.4. The fourth-order valence-electron chi connectivity index (χ4n) is 5.09. The first-order valence-electron chi connectivity index (χ1n) is 16.7. The summed E-state index contributed by atoms with van der Waals surface area (Å²) in [6.07, 6.45) is 33.0. The number of aldehydes is 1. The fraction of sp³-hybridized carbons (Fsp3) is 0.800. The van der Waals surface area contributed by atoms with Crippen LogP contribution in [-0.2, 0) is 0 Å². The second kappa shape index (κ2) is 27.1. The quantitative estimate of drug-likeness (QED) is 0.0763. The van der Waals surface area contributed by atoms with Crippen LogP contribution < -0.4 is 9.47 Å². The normalized spacial score (nSPS) is 11.1. The topological polar surface area (TPSA) is 35.5 Å². The van der Waals surface area contributed by atoms with Crippen LogP contribution in [0.2, 0.25) is 0 Å². The molecular formula is C35H62O3. The summed E-state index contributed by atoms with van der Waals surface area (Å²) in [5.74, 6) is 1.50. The number of carbonyl (C=O) groups is 1. The lowest BCUT2D eigenvalue weighted by Gasteiger charge is -2.11. The minimum atomic E-state index is 0.627. The van der Waals surface area contributed by atoms with E-state index in [2.05, 4.69) is 13.8 Å². The van der Waals surface area contributed by atoms with Crippen molar-refractivity contribution in [2.75, 3.05) is 13.2 Å². The third kappa shape index (κ3) is 21.4. The highest BCUT2D eigenvalue weighted by Gasteiger charge is 2.04. The molecule has 0 bridgehead atoms. The van der Waals surface area contributed by atoms with Gasteiger partial charge in [-0.25, -0.2) is 0 Å². The van der Waals surface area contributed by atoms with Crippen LogP contribution in [0.3, 0.4) is 0 Å². The van der Waals surface area contributed by atoms with Crippen LogP contribution in [0.4, 0.5) is 0 Å². The van der Waals surface area contributed by atoms with Gasteiger partial charge in [0.15, 0.2) is 0 Å². The maximum Gasteiger partial charge on any atom is 0.150 e. The van der Waals surface area contributed by atoms with Crippen molar-refractivity contribution in [2.24, 2.45) is 0 Å². The minimum absolute atomic E-state index is 0.627. The van der Waals surface area contributed by atoms with Gasteiger partial charge in [-0.2, -0.15) is 0 Å². The van der Waals surface area contributed by atoms with Crippen LogP contribution >= 0.6 is 0 Å². The van der Waals surface area contributed by atoms with E-state index in [1.807, 2.05) is 18.2 Å². The lowest BCUT2D eigenvalue weighted by molar-refractivity contribution is 0.112. The van der Waals surface area contributed by atoms with Crippen LogP contribution in [0.5, 0.6) is 11.5 Å². The van der Waals surface area contributed by atoms with E-state index in [0.29, 0.717) is 18.8 Å². The van der Waals surface area contributed by atoms with E-state index >= 15 is 0 Å². The van der Waals surface area contributed by atoms with E-state index in [0.717, 1.165) is 30.6 Å². The molecule has 0 amide bonds. The van der Waals surface area contributed by atoms with Crippen molar-refractivity contribution in [3.63, 3.8) is 0 Å². The Hall–Kier alpha value is -1.51. The number of benzene rings is 1. The zero-order valence-corrected chi connectivity index (χ0v) is 25.4. The van der Waals surface area contributed by atoms with E-state index in [1.54, 1.807) is 0 Å². The number of hydrogen-bond acceptors (Lipinski definition) is 3. The Kier molecular flexibility index (Phi) is 24.6. The molecule has 0 fully saturated rings. The Morgan fingerprint density at radius 2 is 0.737 bits per heavy atom. The van der Waals surface area contributed by atoms with Crippen molar-refractivity contribution in [1.29, 1.82) is 0 Å². The number of rotatable bonds is 29. The molecule has 0 aliphatic heterocycles. The summed E-state index contributed by atoms with van der Waals surface area (Å²) in [5, 5.41) is 0. The van der Waals surface area contributed by atoms with Gasteiger partial charge in [0.25, 0.3) is 0 Å². The van der Waals surface area contributed by atoms with E-state index in [4.69, 9.17) is 9.47 Å². The summed E-state index contributed by atoms with van der Waals surface area (Å²) in [6, 6.07) is 5.59. The Balaban J connectivity index is 2.04. The molecule has 1 aromatic rings. The van der Waals surface area contributed by atoms with Gasteiger partial charge in [-0.1, -0.05) is 155 Å². The molecule has 1 aromatic carbocycles. The van der Waals surface area contributed by atoms with Gasteiger partial charge in [-0.15, -0.1) is 0 Å². The van der Waals surface area contributed by atoms with Crippen LogP contribution in [0.25, 0.3) is 0 Å². The molecule has 0 saturated heterocycles. The molecule has 0 aliphatic rings. The van der Waals surface area contributed by atoms with E-state index in [9.17, 15) is 4.79 Å². The summed E-state index contributed by atoms with van der Waals surface area (Å²) in [7, 11) is 0. The maximum atomic E-state index is 11.4. The predicted molar refractivity (Wildman–Crippen MR) is 165 cm³/mol. The molecule has 38 heavy (non-hydrogen) atoms. The second-order valence-electron chi connectivity index (χ2n) is 11.3. The van der Waals surface area contributed by atoms with Crippen molar-refractivity contribution in [3.05, 3.63) is 23.8 Å². The first-order valence-corrected chi connectivity index (χ1v) is 16.7. The number of carbonyl (C=O) groups excluding carboxylic acids is 1. The monoisotopic (exact) mass is 530 g/mol. The first kappa shape index (κ1) is 34.5. The highest BCUT2D eigenvalue weighted by Crippen LogP contribution is 2.23. The average molecular weight is 531 g/mol. The van der Waals surface area contributed by atoms with Crippen molar-refractivity contribution < 1.29 is 14.3 Å². The summed E-state index contributed by atoms with van der Waals surface area (Å²) < 4.78 is 11.9. The number of ether oxygens (including phenoxy) is 2. The smallest absolute Gasteiger partial charge is 0.150 e. The van der Waals surface area contributed by atoms with E-state index < -0.39 is 0 Å². The van der Waals surface area contributed by atoms with Gasteiger partial charge in [-0.3, -0.25) is 4.79 Å². The Labute approximate surface area is 236 Å². The summed E-state index contributed by atoms with van der Waals surface area (Å²) in [6.45, 7) is 5.97. The lowest BCUT2D eigenvalue weighted by Crippen LogP contribution is -2.01. The van der Waals surface area contributed by atoms with E-state index in [-0.39, 0.29) is 0 Å². The SMILES string of the molecule is CCCCCCCCCCCCCCOc1cc(C=O)cc(OCCCCCCCCCCCCCC)c1. The fourth-order valence-corrected chi connectivity index (χ4v) is 5.09. The second-order valence-corrected chi connectivity index (χ2v) is 11.3. The van der Waals surface area contributed by atoms with Gasteiger partial charge < -0.3 is 9.47 Å². The van der Waals surface area contributed by atoms with Gasteiger partial charge in [0.05, 0.1) is 13.2 Å². The molecule has 0 spiro atoms. The molecule has 0 saturated carbocycles. The van der Waals surface area contributed by atoms with Gasteiger partial charge in [0, 0.05) is 11.6 Å². The van der Waals surface area contributed by atoms with Crippen LogP contribution in [0.15, 0.2) is 18.2 Å². The summed E-state index contributed by atoms with van der Waals surface area (Å²) in [5.41, 5.74) is 0.627. The number of unbranched alkanes of at least 4 members (excludes halogenated alkanes) is 22. The van der Waals surface area contributed by atoms with E-state index in [1.165, 1.54) is 141 Å². The average Bonchev–Trinajstić information content (AvgIpc) is 2.93. The molecule has 3 nitrogen and oxygen atoms in total. The molecule has 0 heterocycles. The standard InChI is InChI=1S/C35H62O3/c1-3-5-7-9-11-13-15-17-19-21-23-25-27-37-34-29-33(32-36)30-35(31-34)38-28-26-24-22-20-18-16-14-12-10-8-6-4-2/h29-32H,3-28H2,1-2H3. The molecule has 220 valence electrons. The van der Waals surface area contributed by atoms with Crippen molar-refractivity contribution in [1.82, 2.24) is 0 Å². The highest BCUT2D eigenvalue weighted by molar-refractivity contribution is 5.76. The molecule has 0 unspecified atom stereocenters. The molecule has 0 aliphatic carbocycles. The molecule has 0 radical (unpaired) electrons. The molecule has 1 rings (SSSR count). The van der Waals surface area contributed by atoms with Gasteiger partial charge in [0.1, 0.15) is 17.8 Å². The lowest BCUT2D eigenvalue weighted by atomic mass is 10.1. The van der Waals surface area contributed by atoms with Crippen molar-refractivity contribution >= 4 is 6.29 Å². The Bertz CT molecular complexity index is 594. The summed E-state index contributed by atoms with van der Waals surface area (Å²) in [4.78, 5) is 11.4. The zero-order chi connectivity index (χ0) is 27.4. The summed E-state index contributed by atoms with van der Waals surface area (Å²) >= 11 is 0. The van der Waals surface area contributed by atoms with Crippen molar-refractivity contribution in [2.45, 2.75) is 168 Å². The predicted octanol–water partition coefficient (Wildman–Crippen LogP) is 11.7. The third-order valence-corrected chi connectivity index (χ3v) is 7.57. The molecule has 0 atom stereocenters.